The Bertz CT molecular complexity index is 1930. The van der Waals surface area contributed by atoms with Gasteiger partial charge in [0.1, 0.15) is 67.1 Å². The summed E-state index contributed by atoms with van der Waals surface area (Å²) in [6, 6.07) is -2.53. The number of nitrogens with one attached hydrogen (secondary N) is 2. The van der Waals surface area contributed by atoms with Crippen LogP contribution in [0.1, 0.15) is 278 Å². The van der Waals surface area contributed by atoms with Crippen molar-refractivity contribution in [2.24, 2.45) is 0 Å². The number of carboxylic acids is 1. The van der Waals surface area contributed by atoms with Crippen LogP contribution in [0.4, 0.5) is 0 Å². The van der Waals surface area contributed by atoms with E-state index in [9.17, 15) is 75.7 Å². The highest BCUT2D eigenvalue weighted by Crippen LogP contribution is 2.39. The molecule has 0 spiro atoms. The quantitative estimate of drug-likeness (QED) is 0.0207. The molecule has 0 aliphatic carbocycles. The van der Waals surface area contributed by atoms with E-state index in [2.05, 4.69) is 36.6 Å². The maximum atomic E-state index is 13.5. The second kappa shape index (κ2) is 50.7. The monoisotopic (exact) mass is 1330 g/mol. The molecule has 3 heterocycles. The molecule has 23 nitrogen and oxygen atoms in total. The number of ether oxygens (including phenoxy) is 6. The molecule has 0 aromatic heterocycles. The van der Waals surface area contributed by atoms with Crippen molar-refractivity contribution in [3.63, 3.8) is 0 Å². The van der Waals surface area contributed by atoms with Gasteiger partial charge >= 0.3 is 5.97 Å². The molecule has 3 aliphatic rings. The van der Waals surface area contributed by atoms with Gasteiger partial charge < -0.3 is 100 Å². The van der Waals surface area contributed by atoms with Crippen molar-refractivity contribution < 1.29 is 104 Å². The van der Waals surface area contributed by atoms with Gasteiger partial charge in [-0.25, -0.2) is 4.79 Å². The average Bonchev–Trinajstić information content (AvgIpc) is 0.833. The van der Waals surface area contributed by atoms with E-state index in [-0.39, 0.29) is 18.9 Å². The van der Waals surface area contributed by atoms with Crippen molar-refractivity contribution in [1.82, 2.24) is 10.6 Å². The average molecular weight is 1340 g/mol. The van der Waals surface area contributed by atoms with Gasteiger partial charge in [0, 0.05) is 19.8 Å². The van der Waals surface area contributed by atoms with Crippen molar-refractivity contribution in [2.45, 2.75) is 387 Å². The second-order valence-corrected chi connectivity index (χ2v) is 26.8. The molecule has 3 saturated heterocycles. The summed E-state index contributed by atoms with van der Waals surface area (Å²) in [6.07, 6.45) is 20.7. The van der Waals surface area contributed by atoms with E-state index >= 15 is 0 Å². The largest absolute Gasteiger partial charge is 0.477 e. The summed E-state index contributed by atoms with van der Waals surface area (Å²) in [5.41, 5.74) is 0. The predicted molar refractivity (Wildman–Crippen MR) is 352 cm³/mol. The van der Waals surface area contributed by atoms with Crippen LogP contribution >= 0.6 is 0 Å². The minimum absolute atomic E-state index is 0.222. The van der Waals surface area contributed by atoms with Gasteiger partial charge in [-0.3, -0.25) is 9.59 Å². The fraction of sp³-hybridized carbons (Fsp3) is 0.929. The van der Waals surface area contributed by atoms with E-state index in [1.165, 1.54) is 167 Å². The molecule has 3 rings (SSSR count). The molecule has 0 bridgehead atoms. The van der Waals surface area contributed by atoms with Crippen LogP contribution in [0.2, 0.25) is 0 Å². The topological polar surface area (TPSA) is 373 Å². The maximum absolute atomic E-state index is 13.5. The molecule has 0 aromatic rings. The molecule has 23 heteroatoms. The first kappa shape index (κ1) is 84.7. The van der Waals surface area contributed by atoms with Gasteiger partial charge in [0.15, 0.2) is 12.6 Å². The van der Waals surface area contributed by atoms with Crippen molar-refractivity contribution in [2.75, 3.05) is 26.4 Å². The zero-order valence-corrected chi connectivity index (χ0v) is 57.1. The van der Waals surface area contributed by atoms with Crippen LogP contribution in [-0.2, 0) is 42.8 Å². The molecular formula is C70H130N2O21. The Balaban J connectivity index is 1.55. The number of amides is 2. The number of carbonyl (C=O) groups excluding carboxylic acids is 2. The number of allylic oxidation sites excluding steroid dienone is 2. The molecule has 0 aromatic carbocycles. The third-order valence-electron chi connectivity index (χ3n) is 18.7. The normalized spacial score (nSPS) is 28.1. The van der Waals surface area contributed by atoms with E-state index in [1.54, 1.807) is 0 Å². The number of hydrogen-bond donors (Lipinski definition) is 14. The minimum atomic E-state index is -3.08. The SMILES string of the molecule is CCCCCCCCCCCCCC/C=C\CCCCCCCCCCC(=O)NC(COC1OC(CO)C(OC2OC(CO)C(O)C(OC3(C(=O)O)CC(O)C(NC(C)=O)C(C(O)C(O)CO)O3)C2O)C(O)C1O)C(O)CCCCCCCCCCCCCCCCC. The summed E-state index contributed by atoms with van der Waals surface area (Å²) in [7, 11) is 0. The summed E-state index contributed by atoms with van der Waals surface area (Å²) in [5, 5.41) is 136. The van der Waals surface area contributed by atoms with Gasteiger partial charge in [0.25, 0.3) is 5.79 Å². The smallest absolute Gasteiger partial charge is 0.364 e. The number of hydrogen-bond acceptors (Lipinski definition) is 20. The number of unbranched alkanes of at least 4 members (excludes halogenated alkanes) is 34. The summed E-state index contributed by atoms with van der Waals surface area (Å²) in [6.45, 7) is 2.22. The predicted octanol–water partition coefficient (Wildman–Crippen LogP) is 7.46. The Labute approximate surface area is 556 Å². The fourth-order valence-electron chi connectivity index (χ4n) is 12.9. The standard InChI is InChI=1S/C70H130N2O21/c1-4-6-8-10-12-14-16-18-20-21-22-23-24-25-26-27-28-30-32-34-36-38-40-42-44-57(80)72-51(52(77)43-41-39-37-35-33-31-29-19-17-15-13-11-9-7-5-2)49-88-67-62(84)61(83)64(56(48-75)90-67)91-68-63(85)66(60(82)55(47-74)89-68)93-70(69(86)87)45-53(78)58(71-50(3)76)65(92-70)59(81)54(79)46-73/h25-26,51-56,58-68,73-75,77-79,81-85H,4-24,27-49H2,1-3H3,(H,71,76)(H,72,80)(H,86,87)/b26-25-. The first-order valence-electron chi connectivity index (χ1n) is 36.5. The molecular weight excluding hydrogens is 1200 g/mol. The Hall–Kier alpha value is -2.53. The van der Waals surface area contributed by atoms with Crippen molar-refractivity contribution >= 4 is 17.8 Å². The number of carbonyl (C=O) groups is 3. The molecule has 18 unspecified atom stereocenters. The number of aliphatic carboxylic acids is 1. The van der Waals surface area contributed by atoms with E-state index in [0.717, 1.165) is 64.7 Å². The maximum Gasteiger partial charge on any atom is 0.364 e. The summed E-state index contributed by atoms with van der Waals surface area (Å²) >= 11 is 0. The van der Waals surface area contributed by atoms with Crippen molar-refractivity contribution in [3.8, 4) is 0 Å². The Kier molecular flexibility index (Phi) is 46.2. The van der Waals surface area contributed by atoms with E-state index in [0.29, 0.717) is 19.3 Å². The molecule has 2 amide bonds. The van der Waals surface area contributed by atoms with Gasteiger partial charge in [-0.1, -0.05) is 231 Å². The van der Waals surface area contributed by atoms with Crippen molar-refractivity contribution in [3.05, 3.63) is 12.2 Å². The third-order valence-corrected chi connectivity index (χ3v) is 18.7. The van der Waals surface area contributed by atoms with Crippen LogP contribution in [0.15, 0.2) is 12.2 Å². The Morgan fingerprint density at radius 1 is 0.548 bits per heavy atom. The van der Waals surface area contributed by atoms with Crippen LogP contribution in [0, 0.1) is 0 Å². The van der Waals surface area contributed by atoms with Crippen molar-refractivity contribution in [1.29, 1.82) is 0 Å². The first-order valence-corrected chi connectivity index (χ1v) is 36.5. The first-order chi connectivity index (χ1) is 44.9. The Morgan fingerprint density at radius 2 is 1.00 bits per heavy atom. The van der Waals surface area contributed by atoms with Crippen LogP contribution in [0.25, 0.3) is 0 Å². The van der Waals surface area contributed by atoms with Crippen LogP contribution in [0.3, 0.4) is 0 Å². The highest BCUT2D eigenvalue weighted by Gasteiger charge is 2.60. The zero-order valence-electron chi connectivity index (χ0n) is 57.1. The molecule has 18 atom stereocenters. The van der Waals surface area contributed by atoms with Gasteiger partial charge in [-0.2, -0.15) is 0 Å². The summed E-state index contributed by atoms with van der Waals surface area (Å²) in [4.78, 5) is 38.6. The number of carboxylic acid groups (broad SMARTS) is 1. The zero-order chi connectivity index (χ0) is 68.2. The summed E-state index contributed by atoms with van der Waals surface area (Å²) in [5.74, 6) is -6.10. The highest BCUT2D eigenvalue weighted by molar-refractivity contribution is 5.77. The van der Waals surface area contributed by atoms with Gasteiger partial charge in [0.2, 0.25) is 11.8 Å². The van der Waals surface area contributed by atoms with Crippen LogP contribution in [0.5, 0.6) is 0 Å². The van der Waals surface area contributed by atoms with Gasteiger partial charge in [-0.15, -0.1) is 0 Å². The summed E-state index contributed by atoms with van der Waals surface area (Å²) < 4.78 is 34.9. The molecule has 0 radical (unpaired) electrons. The lowest BCUT2D eigenvalue weighted by molar-refractivity contribution is -0.386. The molecule has 0 saturated carbocycles. The van der Waals surface area contributed by atoms with Gasteiger partial charge in [0.05, 0.1) is 50.7 Å². The van der Waals surface area contributed by atoms with E-state index in [1.807, 2.05) is 0 Å². The molecule has 546 valence electrons. The number of rotatable bonds is 56. The number of aliphatic hydroxyl groups is 11. The fourth-order valence-corrected chi connectivity index (χ4v) is 12.9. The second-order valence-electron chi connectivity index (χ2n) is 26.8. The lowest BCUT2D eigenvalue weighted by atomic mass is 9.88. The van der Waals surface area contributed by atoms with E-state index in [4.69, 9.17) is 28.4 Å². The lowest BCUT2D eigenvalue weighted by Gasteiger charge is -2.50. The molecule has 93 heavy (non-hydrogen) atoms. The molecule has 3 fully saturated rings. The van der Waals surface area contributed by atoms with Gasteiger partial charge in [-0.05, 0) is 38.5 Å². The lowest BCUT2D eigenvalue weighted by Crippen LogP contribution is -2.70. The Morgan fingerprint density at radius 3 is 1.45 bits per heavy atom. The highest BCUT2D eigenvalue weighted by atomic mass is 16.8. The van der Waals surface area contributed by atoms with Crippen LogP contribution in [-0.4, -0.2) is 215 Å². The third kappa shape index (κ3) is 32.8. The molecule has 14 N–H and O–H groups in total. The van der Waals surface area contributed by atoms with Crippen LogP contribution < -0.4 is 10.6 Å². The molecule has 3 aliphatic heterocycles. The number of aliphatic hydroxyl groups excluding tert-OH is 11. The van der Waals surface area contributed by atoms with E-state index < -0.39 is 148 Å². The minimum Gasteiger partial charge on any atom is -0.477 e.